The summed E-state index contributed by atoms with van der Waals surface area (Å²) >= 11 is 6.08. The molecule has 0 saturated heterocycles. The van der Waals surface area contributed by atoms with Crippen LogP contribution in [0, 0.1) is 6.92 Å². The molecular formula is C19H23ClN2O5S. The number of nitrogens with one attached hydrogen (secondary N) is 1. The van der Waals surface area contributed by atoms with Crippen LogP contribution in [0.25, 0.3) is 0 Å². The van der Waals surface area contributed by atoms with Crippen LogP contribution >= 0.6 is 11.6 Å². The lowest BCUT2D eigenvalue weighted by Gasteiger charge is -2.29. The zero-order valence-corrected chi connectivity index (χ0v) is 17.9. The molecule has 2 aromatic carbocycles. The van der Waals surface area contributed by atoms with Crippen molar-refractivity contribution in [3.05, 3.63) is 47.0 Å². The number of nitrogens with zero attached hydrogens (tertiary/aromatic N) is 1. The Hall–Kier alpha value is -2.45. The molecule has 1 N–H and O–H groups in total. The predicted molar refractivity (Wildman–Crippen MR) is 111 cm³/mol. The van der Waals surface area contributed by atoms with Crippen molar-refractivity contribution in [2.45, 2.75) is 19.9 Å². The molecular weight excluding hydrogens is 404 g/mol. The van der Waals surface area contributed by atoms with Gasteiger partial charge in [-0.25, -0.2) is 8.42 Å². The number of hydrogen-bond donors (Lipinski definition) is 1. The number of sulfonamides is 1. The summed E-state index contributed by atoms with van der Waals surface area (Å²) in [5, 5.41) is 3.01. The van der Waals surface area contributed by atoms with Crippen molar-refractivity contribution in [3.8, 4) is 11.5 Å². The van der Waals surface area contributed by atoms with Gasteiger partial charge in [0.1, 0.15) is 17.5 Å². The Kier molecular flexibility index (Phi) is 6.79. The zero-order chi connectivity index (χ0) is 21.1. The number of methoxy groups -OCH3 is 2. The second-order valence-corrected chi connectivity index (χ2v) is 8.52. The first-order valence-corrected chi connectivity index (χ1v) is 10.6. The van der Waals surface area contributed by atoms with E-state index in [2.05, 4.69) is 5.32 Å². The third-order valence-corrected chi connectivity index (χ3v) is 5.60. The van der Waals surface area contributed by atoms with E-state index in [9.17, 15) is 13.2 Å². The topological polar surface area (TPSA) is 84.9 Å². The molecule has 152 valence electrons. The fraction of sp³-hybridized carbons (Fsp3) is 0.316. The third-order valence-electron chi connectivity index (χ3n) is 4.08. The molecule has 0 aliphatic rings. The van der Waals surface area contributed by atoms with E-state index in [1.54, 1.807) is 30.3 Å². The number of carbonyl (C=O) groups excluding carboxylic acids is 1. The normalized spacial score (nSPS) is 12.2. The van der Waals surface area contributed by atoms with Crippen LogP contribution in [-0.2, 0) is 14.8 Å². The second-order valence-electron chi connectivity index (χ2n) is 6.25. The Balaban J connectivity index is 2.39. The molecule has 1 atom stereocenters. The Morgan fingerprint density at radius 3 is 2.25 bits per heavy atom. The molecule has 0 spiro atoms. The van der Waals surface area contributed by atoms with Crippen molar-refractivity contribution in [1.29, 1.82) is 0 Å². The van der Waals surface area contributed by atoms with E-state index >= 15 is 0 Å². The number of ether oxygens (including phenoxy) is 2. The zero-order valence-electron chi connectivity index (χ0n) is 16.3. The van der Waals surface area contributed by atoms with Crippen molar-refractivity contribution in [3.63, 3.8) is 0 Å². The van der Waals surface area contributed by atoms with E-state index in [1.807, 2.05) is 6.92 Å². The van der Waals surface area contributed by atoms with Gasteiger partial charge in [-0.05, 0) is 49.7 Å². The molecule has 2 rings (SSSR count). The maximum atomic E-state index is 12.8. The van der Waals surface area contributed by atoms with Crippen LogP contribution in [0.15, 0.2) is 36.4 Å². The first-order valence-electron chi connectivity index (χ1n) is 8.37. The lowest BCUT2D eigenvalue weighted by molar-refractivity contribution is -0.116. The Morgan fingerprint density at radius 1 is 1.11 bits per heavy atom. The highest BCUT2D eigenvalue weighted by Gasteiger charge is 2.31. The summed E-state index contributed by atoms with van der Waals surface area (Å²) in [6, 6.07) is 8.85. The van der Waals surface area contributed by atoms with Crippen molar-refractivity contribution in [1.82, 2.24) is 0 Å². The van der Waals surface area contributed by atoms with E-state index in [0.717, 1.165) is 16.1 Å². The van der Waals surface area contributed by atoms with Gasteiger partial charge in [-0.15, -0.1) is 0 Å². The monoisotopic (exact) mass is 426 g/mol. The summed E-state index contributed by atoms with van der Waals surface area (Å²) in [5.41, 5.74) is 1.55. The Bertz CT molecular complexity index is 978. The van der Waals surface area contributed by atoms with Gasteiger partial charge >= 0.3 is 0 Å². The first kappa shape index (κ1) is 21.8. The summed E-state index contributed by atoms with van der Waals surface area (Å²) in [4.78, 5) is 12.8. The van der Waals surface area contributed by atoms with Crippen LogP contribution in [0.5, 0.6) is 11.5 Å². The molecule has 0 bridgehead atoms. The van der Waals surface area contributed by atoms with Gasteiger partial charge in [0.2, 0.25) is 15.9 Å². The van der Waals surface area contributed by atoms with Crippen LogP contribution in [-0.4, -0.2) is 40.8 Å². The molecule has 1 unspecified atom stereocenters. The number of halogens is 1. The van der Waals surface area contributed by atoms with E-state index in [-0.39, 0.29) is 0 Å². The minimum atomic E-state index is -3.78. The average molecular weight is 427 g/mol. The van der Waals surface area contributed by atoms with Crippen molar-refractivity contribution < 1.29 is 22.7 Å². The van der Waals surface area contributed by atoms with Gasteiger partial charge in [-0.1, -0.05) is 17.7 Å². The van der Waals surface area contributed by atoms with Crippen LogP contribution in [0.3, 0.4) is 0 Å². The molecule has 0 radical (unpaired) electrons. The van der Waals surface area contributed by atoms with Crippen molar-refractivity contribution in [2.75, 3.05) is 30.1 Å². The van der Waals surface area contributed by atoms with Gasteiger partial charge < -0.3 is 14.8 Å². The van der Waals surface area contributed by atoms with Gasteiger partial charge in [0.05, 0.1) is 31.2 Å². The number of carbonyl (C=O) groups is 1. The molecule has 9 heteroatoms. The Labute approximate surface area is 170 Å². The van der Waals surface area contributed by atoms with E-state index in [0.29, 0.717) is 27.9 Å². The second kappa shape index (κ2) is 8.70. The molecule has 2 aromatic rings. The van der Waals surface area contributed by atoms with Crippen LogP contribution in [0.2, 0.25) is 5.02 Å². The molecule has 0 aliphatic heterocycles. The average Bonchev–Trinajstić information content (AvgIpc) is 2.61. The number of benzene rings is 2. The fourth-order valence-electron chi connectivity index (χ4n) is 2.74. The van der Waals surface area contributed by atoms with Gasteiger partial charge in [0.15, 0.2) is 0 Å². The number of amides is 1. The predicted octanol–water partition coefficient (Wildman–Crippen LogP) is 3.46. The number of anilines is 2. The molecule has 1 amide bonds. The maximum absolute atomic E-state index is 12.8. The highest BCUT2D eigenvalue weighted by Crippen LogP contribution is 2.33. The van der Waals surface area contributed by atoms with E-state index < -0.39 is 22.0 Å². The molecule has 7 nitrogen and oxygen atoms in total. The summed E-state index contributed by atoms with van der Waals surface area (Å²) in [6.45, 7) is 3.33. The first-order chi connectivity index (χ1) is 13.1. The molecule has 0 aliphatic carbocycles. The van der Waals surface area contributed by atoms with Gasteiger partial charge in [-0.3, -0.25) is 9.10 Å². The van der Waals surface area contributed by atoms with Crippen molar-refractivity contribution >= 4 is 38.9 Å². The standard InChI is InChI=1S/C19H23ClN2O5S/c1-12-6-8-18(27-4)16(10-12)22(28(5,24)25)13(2)19(23)21-14-7-9-17(26-3)15(20)11-14/h6-11,13H,1-5H3,(H,21,23). The summed E-state index contributed by atoms with van der Waals surface area (Å²) in [5.74, 6) is 0.299. The summed E-state index contributed by atoms with van der Waals surface area (Å²) in [6.07, 6.45) is 1.04. The Morgan fingerprint density at radius 2 is 1.71 bits per heavy atom. The van der Waals surface area contributed by atoms with E-state index in [4.69, 9.17) is 21.1 Å². The molecule has 0 aromatic heterocycles. The number of aryl methyl sites for hydroxylation is 1. The number of hydrogen-bond acceptors (Lipinski definition) is 5. The largest absolute Gasteiger partial charge is 0.495 e. The smallest absolute Gasteiger partial charge is 0.247 e. The number of rotatable bonds is 7. The van der Waals surface area contributed by atoms with E-state index in [1.165, 1.54) is 27.2 Å². The lowest BCUT2D eigenvalue weighted by Crippen LogP contribution is -2.45. The summed E-state index contributed by atoms with van der Waals surface area (Å²) in [7, 11) is -0.846. The minimum Gasteiger partial charge on any atom is -0.495 e. The molecule has 0 fully saturated rings. The SMILES string of the molecule is COc1ccc(NC(=O)C(C)N(c2cc(C)ccc2OC)S(C)(=O)=O)cc1Cl. The third kappa shape index (κ3) is 4.88. The van der Waals surface area contributed by atoms with Crippen LogP contribution in [0.1, 0.15) is 12.5 Å². The van der Waals surface area contributed by atoms with Gasteiger partial charge in [0.25, 0.3) is 0 Å². The van der Waals surface area contributed by atoms with Crippen LogP contribution < -0.4 is 19.1 Å². The minimum absolute atomic E-state index is 0.292. The lowest BCUT2D eigenvalue weighted by atomic mass is 10.2. The molecule has 0 heterocycles. The van der Waals surface area contributed by atoms with Gasteiger partial charge in [-0.2, -0.15) is 0 Å². The fourth-order valence-corrected chi connectivity index (χ4v) is 4.17. The van der Waals surface area contributed by atoms with Crippen LogP contribution in [0.4, 0.5) is 11.4 Å². The van der Waals surface area contributed by atoms with Crippen molar-refractivity contribution in [2.24, 2.45) is 0 Å². The molecule has 28 heavy (non-hydrogen) atoms. The highest BCUT2D eigenvalue weighted by atomic mass is 35.5. The molecule has 0 saturated carbocycles. The summed E-state index contributed by atoms with van der Waals surface area (Å²) < 4.78 is 36.4. The quantitative estimate of drug-likeness (QED) is 0.732. The highest BCUT2D eigenvalue weighted by molar-refractivity contribution is 7.92. The van der Waals surface area contributed by atoms with Gasteiger partial charge in [0, 0.05) is 5.69 Å². The maximum Gasteiger partial charge on any atom is 0.247 e.